The zero-order valence-electron chi connectivity index (χ0n) is 8.59. The molecule has 0 spiro atoms. The molecule has 0 atom stereocenters. The second-order valence-electron chi connectivity index (χ2n) is 3.51. The number of anilines is 1. The van der Waals surface area contributed by atoms with Crippen LogP contribution in [-0.4, -0.2) is 23.3 Å². The van der Waals surface area contributed by atoms with Crippen molar-refractivity contribution < 1.29 is 14.7 Å². The van der Waals surface area contributed by atoms with Gasteiger partial charge in [0.05, 0.1) is 6.26 Å². The van der Waals surface area contributed by atoms with Crippen LogP contribution in [0.2, 0.25) is 0 Å². The van der Waals surface area contributed by atoms with E-state index in [9.17, 15) is 9.59 Å². The molecule has 1 saturated heterocycles. The molecule has 16 heavy (non-hydrogen) atoms. The first kappa shape index (κ1) is 10.4. The van der Waals surface area contributed by atoms with Crippen molar-refractivity contribution >= 4 is 17.4 Å². The molecule has 1 amide bonds. The predicted molar refractivity (Wildman–Crippen MR) is 59.1 cm³/mol. The van der Waals surface area contributed by atoms with Crippen LogP contribution < -0.4 is 4.90 Å². The van der Waals surface area contributed by atoms with Crippen molar-refractivity contribution in [3.05, 3.63) is 42.2 Å². The number of hydrogen-bond acceptors (Lipinski definition) is 3. The fourth-order valence-electron chi connectivity index (χ4n) is 1.70. The number of carbonyl (C=O) groups is 2. The van der Waals surface area contributed by atoms with E-state index in [2.05, 4.69) is 0 Å². The summed E-state index contributed by atoms with van der Waals surface area (Å²) in [6.07, 6.45) is 0.840. The van der Waals surface area contributed by atoms with Gasteiger partial charge in [-0.25, -0.2) is 0 Å². The third-order valence-electron chi connectivity index (χ3n) is 2.54. The van der Waals surface area contributed by atoms with Gasteiger partial charge >= 0.3 is 0 Å². The number of aliphatic hydroxyl groups excluding tert-OH is 1. The fourth-order valence-corrected chi connectivity index (χ4v) is 1.70. The second-order valence-corrected chi connectivity index (χ2v) is 3.51. The highest BCUT2D eigenvalue weighted by molar-refractivity contribution is 6.26. The SMILES string of the molecule is O=C1CCN(c2ccccc2)C(=O)/C1=C\O. The van der Waals surface area contributed by atoms with Crippen molar-refractivity contribution in [2.75, 3.05) is 11.4 Å². The molecule has 1 heterocycles. The lowest BCUT2D eigenvalue weighted by atomic mass is 10.0. The van der Waals surface area contributed by atoms with Crippen LogP contribution in [0, 0.1) is 0 Å². The molecule has 2 rings (SSSR count). The maximum absolute atomic E-state index is 11.8. The van der Waals surface area contributed by atoms with Crippen LogP contribution in [0.25, 0.3) is 0 Å². The minimum Gasteiger partial charge on any atom is -0.515 e. The van der Waals surface area contributed by atoms with Crippen LogP contribution in [0.3, 0.4) is 0 Å². The van der Waals surface area contributed by atoms with Crippen LogP contribution in [-0.2, 0) is 9.59 Å². The van der Waals surface area contributed by atoms with E-state index >= 15 is 0 Å². The molecule has 1 fully saturated rings. The summed E-state index contributed by atoms with van der Waals surface area (Å²) in [6.45, 7) is 0.360. The Kier molecular flexibility index (Phi) is 2.72. The first-order valence-electron chi connectivity index (χ1n) is 4.98. The third kappa shape index (κ3) is 1.69. The molecule has 0 radical (unpaired) electrons. The number of carbonyl (C=O) groups excluding carboxylic acids is 2. The molecule has 82 valence electrons. The maximum atomic E-state index is 11.8. The van der Waals surface area contributed by atoms with Gasteiger partial charge < -0.3 is 10.0 Å². The van der Waals surface area contributed by atoms with E-state index in [0.717, 1.165) is 5.69 Å². The van der Waals surface area contributed by atoms with Crippen molar-refractivity contribution in [1.82, 2.24) is 0 Å². The topological polar surface area (TPSA) is 57.6 Å². The van der Waals surface area contributed by atoms with Crippen LogP contribution >= 0.6 is 0 Å². The minimum absolute atomic E-state index is 0.143. The van der Waals surface area contributed by atoms with Gasteiger partial charge in [-0.3, -0.25) is 9.59 Å². The Labute approximate surface area is 92.8 Å². The lowest BCUT2D eigenvalue weighted by Crippen LogP contribution is -2.41. The molecular formula is C12H11NO3. The number of benzene rings is 1. The summed E-state index contributed by atoms with van der Waals surface area (Å²) in [5.41, 5.74) is 0.592. The van der Waals surface area contributed by atoms with E-state index in [0.29, 0.717) is 12.8 Å². The largest absolute Gasteiger partial charge is 0.515 e. The van der Waals surface area contributed by atoms with Gasteiger partial charge in [0.2, 0.25) is 0 Å². The molecule has 1 aliphatic rings. The first-order valence-corrected chi connectivity index (χ1v) is 4.98. The molecule has 1 aromatic carbocycles. The Balaban J connectivity index is 2.32. The molecule has 0 bridgehead atoms. The van der Waals surface area contributed by atoms with Crippen molar-refractivity contribution in [2.24, 2.45) is 0 Å². The summed E-state index contributed by atoms with van der Waals surface area (Å²) >= 11 is 0. The highest BCUT2D eigenvalue weighted by Crippen LogP contribution is 2.21. The van der Waals surface area contributed by atoms with Crippen molar-refractivity contribution in [3.63, 3.8) is 0 Å². The Morgan fingerprint density at radius 3 is 2.50 bits per heavy atom. The molecule has 0 saturated carbocycles. The van der Waals surface area contributed by atoms with Gasteiger partial charge in [-0.2, -0.15) is 0 Å². The monoisotopic (exact) mass is 217 g/mol. The summed E-state index contributed by atoms with van der Waals surface area (Å²) in [5.74, 6) is -0.746. The Morgan fingerprint density at radius 1 is 1.19 bits per heavy atom. The Bertz CT molecular complexity index is 451. The van der Waals surface area contributed by atoms with Gasteiger partial charge in [-0.1, -0.05) is 18.2 Å². The van der Waals surface area contributed by atoms with Crippen LogP contribution in [0.4, 0.5) is 5.69 Å². The standard InChI is InChI=1S/C12H11NO3/c14-8-10-11(15)6-7-13(12(10)16)9-4-2-1-3-5-9/h1-5,8,14H,6-7H2/b10-8-. The normalized spacial score (nSPS) is 19.2. The summed E-state index contributed by atoms with van der Waals surface area (Å²) in [6, 6.07) is 9.08. The lowest BCUT2D eigenvalue weighted by Gasteiger charge is -2.27. The average molecular weight is 217 g/mol. The number of Topliss-reactive ketones (excluding diaryl/α,β-unsaturated/α-hetero) is 1. The molecule has 1 N–H and O–H groups in total. The molecule has 4 heteroatoms. The number of piperidine rings is 1. The van der Waals surface area contributed by atoms with Gasteiger partial charge in [0, 0.05) is 18.7 Å². The van der Waals surface area contributed by atoms with Crippen LogP contribution in [0.1, 0.15) is 6.42 Å². The summed E-state index contributed by atoms with van der Waals surface area (Å²) < 4.78 is 0. The number of hydrogen-bond donors (Lipinski definition) is 1. The average Bonchev–Trinajstić information content (AvgIpc) is 2.31. The molecule has 0 aliphatic carbocycles. The number of nitrogens with zero attached hydrogens (tertiary/aromatic N) is 1. The molecule has 4 nitrogen and oxygen atoms in total. The van der Waals surface area contributed by atoms with Crippen LogP contribution in [0.5, 0.6) is 0 Å². The predicted octanol–water partition coefficient (Wildman–Crippen LogP) is 1.43. The molecular weight excluding hydrogens is 206 g/mol. The Morgan fingerprint density at radius 2 is 1.88 bits per heavy atom. The summed E-state index contributed by atoms with van der Waals surface area (Å²) in [4.78, 5) is 24.7. The summed E-state index contributed by atoms with van der Waals surface area (Å²) in [5, 5.41) is 8.87. The zero-order chi connectivity index (χ0) is 11.5. The van der Waals surface area contributed by atoms with E-state index in [1.807, 2.05) is 18.2 Å². The number of amides is 1. The molecule has 0 aromatic heterocycles. The zero-order valence-corrected chi connectivity index (χ0v) is 8.59. The molecule has 1 aromatic rings. The van der Waals surface area contributed by atoms with Crippen molar-refractivity contribution in [1.29, 1.82) is 0 Å². The maximum Gasteiger partial charge on any atom is 0.265 e. The van der Waals surface area contributed by atoms with E-state index < -0.39 is 5.91 Å². The first-order chi connectivity index (χ1) is 7.74. The van der Waals surface area contributed by atoms with Gasteiger partial charge in [-0.15, -0.1) is 0 Å². The second kappa shape index (κ2) is 4.18. The summed E-state index contributed by atoms with van der Waals surface area (Å²) in [7, 11) is 0. The van der Waals surface area contributed by atoms with E-state index in [1.54, 1.807) is 12.1 Å². The van der Waals surface area contributed by atoms with Crippen molar-refractivity contribution in [3.8, 4) is 0 Å². The number of aliphatic hydroxyl groups is 1. The quantitative estimate of drug-likeness (QED) is 0.440. The lowest BCUT2D eigenvalue weighted by molar-refractivity contribution is -0.123. The number of para-hydroxylation sites is 1. The minimum atomic E-state index is -0.440. The number of ketones is 1. The smallest absolute Gasteiger partial charge is 0.265 e. The third-order valence-corrected chi connectivity index (χ3v) is 2.54. The van der Waals surface area contributed by atoms with E-state index in [4.69, 9.17) is 5.11 Å². The van der Waals surface area contributed by atoms with Gasteiger partial charge in [0.25, 0.3) is 5.91 Å². The van der Waals surface area contributed by atoms with Crippen LogP contribution in [0.15, 0.2) is 42.2 Å². The highest BCUT2D eigenvalue weighted by Gasteiger charge is 2.30. The molecule has 1 aliphatic heterocycles. The van der Waals surface area contributed by atoms with Crippen molar-refractivity contribution in [2.45, 2.75) is 6.42 Å². The van der Waals surface area contributed by atoms with E-state index in [-0.39, 0.29) is 17.8 Å². The van der Waals surface area contributed by atoms with Gasteiger partial charge in [-0.05, 0) is 12.1 Å². The highest BCUT2D eigenvalue weighted by atomic mass is 16.2. The fraction of sp³-hybridized carbons (Fsp3) is 0.167. The molecule has 0 unspecified atom stereocenters. The van der Waals surface area contributed by atoms with E-state index in [1.165, 1.54) is 4.90 Å². The van der Waals surface area contributed by atoms with Gasteiger partial charge in [0.1, 0.15) is 5.57 Å². The Hall–Kier alpha value is -2.10. The van der Waals surface area contributed by atoms with Gasteiger partial charge in [0.15, 0.2) is 5.78 Å². The number of rotatable bonds is 1.